The fourth-order valence-electron chi connectivity index (χ4n) is 3.54. The Morgan fingerprint density at radius 3 is 2.47 bits per heavy atom. The standard InChI is InChI=1S/C23H27N3O4S2/c1-4-9-20-25-22(31-3)21(23(27)30-5-2)26(20)15-16-12-13-18(17-10-7-6-8-11-17)19(14-16)32(24,28)29/h6-8,10-14H,4-5,9,15H2,1-3H3,(H2,24,28,29). The minimum absolute atomic E-state index is 0.0427. The number of hydrogen-bond acceptors (Lipinski definition) is 6. The number of aryl methyl sites for hydroxylation is 1. The van der Waals surface area contributed by atoms with Crippen molar-refractivity contribution >= 4 is 27.8 Å². The molecule has 170 valence electrons. The van der Waals surface area contributed by atoms with E-state index in [1.54, 1.807) is 19.1 Å². The molecule has 0 aliphatic rings. The lowest BCUT2D eigenvalue weighted by molar-refractivity contribution is 0.0509. The molecule has 32 heavy (non-hydrogen) atoms. The number of carbonyl (C=O) groups excluding carboxylic acids is 1. The van der Waals surface area contributed by atoms with Gasteiger partial charge in [-0.15, -0.1) is 11.8 Å². The van der Waals surface area contributed by atoms with E-state index >= 15 is 0 Å². The lowest BCUT2D eigenvalue weighted by Gasteiger charge is -2.14. The van der Waals surface area contributed by atoms with Gasteiger partial charge in [0.15, 0.2) is 5.69 Å². The molecule has 3 rings (SSSR count). The van der Waals surface area contributed by atoms with Crippen LogP contribution in [0.4, 0.5) is 0 Å². The van der Waals surface area contributed by atoms with Crippen LogP contribution in [0.3, 0.4) is 0 Å². The molecule has 0 saturated heterocycles. The van der Waals surface area contributed by atoms with Crippen LogP contribution in [0.25, 0.3) is 11.1 Å². The van der Waals surface area contributed by atoms with E-state index in [1.807, 2.05) is 54.1 Å². The number of sulfonamides is 1. The summed E-state index contributed by atoms with van der Waals surface area (Å²) in [4.78, 5) is 17.4. The maximum absolute atomic E-state index is 12.7. The molecule has 2 aromatic carbocycles. The molecule has 9 heteroatoms. The maximum atomic E-state index is 12.7. The van der Waals surface area contributed by atoms with Gasteiger partial charge in [-0.3, -0.25) is 0 Å². The number of primary sulfonamides is 1. The van der Waals surface area contributed by atoms with E-state index < -0.39 is 16.0 Å². The number of esters is 1. The average molecular weight is 474 g/mol. The summed E-state index contributed by atoms with van der Waals surface area (Å²) in [6.45, 7) is 4.32. The molecule has 0 atom stereocenters. The first-order valence-electron chi connectivity index (χ1n) is 10.3. The summed E-state index contributed by atoms with van der Waals surface area (Å²) in [6.07, 6.45) is 3.39. The van der Waals surface area contributed by atoms with Gasteiger partial charge in [-0.2, -0.15) is 0 Å². The largest absolute Gasteiger partial charge is 0.461 e. The van der Waals surface area contributed by atoms with Crippen molar-refractivity contribution in [3.05, 3.63) is 65.6 Å². The Bertz CT molecular complexity index is 1210. The van der Waals surface area contributed by atoms with Crippen LogP contribution in [0.5, 0.6) is 0 Å². The molecule has 7 nitrogen and oxygen atoms in total. The number of nitrogens with two attached hydrogens (primary N) is 1. The number of aromatic nitrogens is 2. The van der Waals surface area contributed by atoms with E-state index in [-0.39, 0.29) is 18.0 Å². The predicted octanol–water partition coefficient (Wildman–Crippen LogP) is 4.10. The third kappa shape index (κ3) is 5.23. The highest BCUT2D eigenvalue weighted by atomic mass is 32.2. The zero-order valence-electron chi connectivity index (χ0n) is 18.4. The summed E-state index contributed by atoms with van der Waals surface area (Å²) in [5.41, 5.74) is 2.37. The van der Waals surface area contributed by atoms with Crippen molar-refractivity contribution in [2.24, 2.45) is 5.14 Å². The van der Waals surface area contributed by atoms with Crippen LogP contribution in [-0.2, 0) is 27.7 Å². The Morgan fingerprint density at radius 1 is 1.16 bits per heavy atom. The Hall–Kier alpha value is -2.62. The number of nitrogens with zero attached hydrogens (tertiary/aromatic N) is 2. The van der Waals surface area contributed by atoms with E-state index in [9.17, 15) is 13.2 Å². The summed E-state index contributed by atoms with van der Waals surface area (Å²) >= 11 is 1.38. The summed E-state index contributed by atoms with van der Waals surface area (Å²) in [5, 5.41) is 6.15. The van der Waals surface area contributed by atoms with E-state index in [1.165, 1.54) is 11.8 Å². The highest BCUT2D eigenvalue weighted by Gasteiger charge is 2.24. The topological polar surface area (TPSA) is 104 Å². The Kier molecular flexibility index (Phi) is 7.76. The number of benzene rings is 2. The molecule has 0 bridgehead atoms. The van der Waals surface area contributed by atoms with Gasteiger partial charge in [0, 0.05) is 18.5 Å². The van der Waals surface area contributed by atoms with E-state index in [4.69, 9.17) is 9.88 Å². The minimum atomic E-state index is -3.97. The van der Waals surface area contributed by atoms with Crippen LogP contribution in [0.1, 0.15) is 42.1 Å². The highest BCUT2D eigenvalue weighted by molar-refractivity contribution is 7.98. The quantitative estimate of drug-likeness (QED) is 0.371. The lowest BCUT2D eigenvalue weighted by Crippen LogP contribution is -2.17. The van der Waals surface area contributed by atoms with Crippen LogP contribution < -0.4 is 5.14 Å². The van der Waals surface area contributed by atoms with Gasteiger partial charge in [-0.05, 0) is 36.8 Å². The van der Waals surface area contributed by atoms with Crippen LogP contribution in [0.15, 0.2) is 58.5 Å². The van der Waals surface area contributed by atoms with E-state index in [0.717, 1.165) is 17.8 Å². The molecule has 0 fully saturated rings. The first kappa shape index (κ1) is 24.0. The minimum Gasteiger partial charge on any atom is -0.461 e. The van der Waals surface area contributed by atoms with Crippen LogP contribution >= 0.6 is 11.8 Å². The van der Waals surface area contributed by atoms with E-state index in [2.05, 4.69) is 4.98 Å². The number of rotatable bonds is 9. The predicted molar refractivity (Wildman–Crippen MR) is 126 cm³/mol. The first-order chi connectivity index (χ1) is 15.3. The second-order valence-electron chi connectivity index (χ2n) is 7.18. The van der Waals surface area contributed by atoms with Crippen molar-refractivity contribution in [2.45, 2.75) is 43.2 Å². The molecule has 0 spiro atoms. The second-order valence-corrected chi connectivity index (χ2v) is 9.51. The zero-order valence-corrected chi connectivity index (χ0v) is 20.0. The third-order valence-electron chi connectivity index (χ3n) is 4.93. The van der Waals surface area contributed by atoms with Crippen molar-refractivity contribution in [2.75, 3.05) is 12.9 Å². The van der Waals surface area contributed by atoms with Crippen molar-refractivity contribution in [3.8, 4) is 11.1 Å². The zero-order chi connectivity index (χ0) is 23.3. The van der Waals surface area contributed by atoms with Gasteiger partial charge < -0.3 is 9.30 Å². The van der Waals surface area contributed by atoms with Gasteiger partial charge in [-0.25, -0.2) is 23.3 Å². The number of carbonyl (C=O) groups is 1. The first-order valence-corrected chi connectivity index (χ1v) is 13.1. The van der Waals surface area contributed by atoms with Crippen molar-refractivity contribution in [1.29, 1.82) is 0 Å². The molecular weight excluding hydrogens is 446 g/mol. The van der Waals surface area contributed by atoms with Crippen LogP contribution in [0.2, 0.25) is 0 Å². The monoisotopic (exact) mass is 473 g/mol. The SMILES string of the molecule is CCCc1nc(SC)c(C(=O)OCC)n1Cc1ccc(-c2ccccc2)c(S(N)(=O)=O)c1. The summed E-state index contributed by atoms with van der Waals surface area (Å²) in [7, 11) is -3.97. The molecule has 0 aliphatic carbocycles. The van der Waals surface area contributed by atoms with Crippen LogP contribution in [0, 0.1) is 0 Å². The number of imidazole rings is 1. The third-order valence-corrected chi connectivity index (χ3v) is 6.55. The highest BCUT2D eigenvalue weighted by Crippen LogP contribution is 2.29. The van der Waals surface area contributed by atoms with Gasteiger partial charge in [0.25, 0.3) is 0 Å². The molecular formula is C23H27N3O4S2. The van der Waals surface area contributed by atoms with Gasteiger partial charge in [0.1, 0.15) is 10.9 Å². The molecule has 0 radical (unpaired) electrons. The fraction of sp³-hybridized carbons (Fsp3) is 0.304. The summed E-state index contributed by atoms with van der Waals surface area (Å²) in [6, 6.07) is 14.4. The van der Waals surface area contributed by atoms with Crippen LogP contribution in [-0.4, -0.2) is 36.8 Å². The number of ether oxygens (including phenoxy) is 1. The molecule has 3 aromatic rings. The summed E-state index contributed by atoms with van der Waals surface area (Å²) in [5.74, 6) is 0.309. The van der Waals surface area contributed by atoms with Gasteiger partial charge in [0.05, 0.1) is 11.5 Å². The van der Waals surface area contributed by atoms with Crippen molar-refractivity contribution < 1.29 is 17.9 Å². The molecule has 1 aromatic heterocycles. The normalized spacial score (nSPS) is 11.5. The lowest BCUT2D eigenvalue weighted by atomic mass is 10.0. The molecule has 0 aliphatic heterocycles. The Labute approximate surface area is 193 Å². The average Bonchev–Trinajstić information content (AvgIpc) is 3.11. The number of hydrogen-bond donors (Lipinski definition) is 1. The smallest absolute Gasteiger partial charge is 0.357 e. The fourth-order valence-corrected chi connectivity index (χ4v) is 4.93. The number of thioether (sulfide) groups is 1. The Morgan fingerprint density at radius 2 is 1.88 bits per heavy atom. The molecule has 0 unspecified atom stereocenters. The summed E-state index contributed by atoms with van der Waals surface area (Å²) < 4.78 is 31.9. The molecule has 0 saturated carbocycles. The maximum Gasteiger partial charge on any atom is 0.357 e. The van der Waals surface area contributed by atoms with E-state index in [0.29, 0.717) is 28.3 Å². The van der Waals surface area contributed by atoms with Gasteiger partial charge in [-0.1, -0.05) is 49.4 Å². The molecule has 0 amide bonds. The Balaban J connectivity index is 2.12. The van der Waals surface area contributed by atoms with Gasteiger partial charge in [0.2, 0.25) is 10.0 Å². The molecule has 2 N–H and O–H groups in total. The molecule has 1 heterocycles. The van der Waals surface area contributed by atoms with Crippen molar-refractivity contribution in [1.82, 2.24) is 9.55 Å². The van der Waals surface area contributed by atoms with Crippen molar-refractivity contribution in [3.63, 3.8) is 0 Å². The second kappa shape index (κ2) is 10.3. The van der Waals surface area contributed by atoms with Gasteiger partial charge >= 0.3 is 5.97 Å².